The zero-order valence-corrected chi connectivity index (χ0v) is 17.2. The second-order valence-electron chi connectivity index (χ2n) is 6.92. The minimum absolute atomic E-state index is 0.705. The van der Waals surface area contributed by atoms with Gasteiger partial charge in [0.2, 0.25) is 0 Å². The molecule has 1 fully saturated rings. The summed E-state index contributed by atoms with van der Waals surface area (Å²) < 4.78 is 10.7. The van der Waals surface area contributed by atoms with Crippen LogP contribution >= 0.6 is 0 Å². The maximum atomic E-state index is 5.36. The lowest BCUT2D eigenvalue weighted by molar-refractivity contribution is 0.224. The van der Waals surface area contributed by atoms with Gasteiger partial charge >= 0.3 is 0 Å². The molecule has 1 aromatic rings. The van der Waals surface area contributed by atoms with Gasteiger partial charge in [-0.15, -0.1) is 0 Å². The number of anilines is 1. The molecule has 1 aliphatic rings. The third-order valence-electron chi connectivity index (χ3n) is 4.84. The van der Waals surface area contributed by atoms with Crippen LogP contribution in [0.4, 0.5) is 5.69 Å². The van der Waals surface area contributed by atoms with Crippen molar-refractivity contribution in [3.8, 4) is 11.5 Å². The van der Waals surface area contributed by atoms with E-state index in [1.54, 1.807) is 14.2 Å². The quantitative estimate of drug-likeness (QED) is 0.370. The molecule has 6 heteroatoms. The van der Waals surface area contributed by atoms with Crippen LogP contribution < -0.4 is 20.1 Å². The van der Waals surface area contributed by atoms with Crippen LogP contribution in [0.2, 0.25) is 0 Å². The van der Waals surface area contributed by atoms with Crippen molar-refractivity contribution in [3.63, 3.8) is 0 Å². The zero-order valence-electron chi connectivity index (χ0n) is 17.2. The van der Waals surface area contributed by atoms with E-state index < -0.39 is 0 Å². The Morgan fingerprint density at radius 1 is 1.04 bits per heavy atom. The zero-order chi connectivity index (χ0) is 19.3. The van der Waals surface area contributed by atoms with Crippen molar-refractivity contribution >= 4 is 11.6 Å². The summed E-state index contributed by atoms with van der Waals surface area (Å²) in [4.78, 5) is 7.31. The van der Waals surface area contributed by atoms with Crippen molar-refractivity contribution < 1.29 is 9.47 Å². The third-order valence-corrected chi connectivity index (χ3v) is 4.84. The van der Waals surface area contributed by atoms with Crippen LogP contribution in [0, 0.1) is 0 Å². The van der Waals surface area contributed by atoms with Gasteiger partial charge in [0.15, 0.2) is 17.5 Å². The molecule has 0 saturated carbocycles. The van der Waals surface area contributed by atoms with E-state index in [0.717, 1.165) is 36.9 Å². The highest BCUT2D eigenvalue weighted by atomic mass is 16.5. The van der Waals surface area contributed by atoms with Crippen LogP contribution in [-0.4, -0.2) is 57.8 Å². The van der Waals surface area contributed by atoms with E-state index in [-0.39, 0.29) is 0 Å². The van der Waals surface area contributed by atoms with Gasteiger partial charge in [-0.2, -0.15) is 0 Å². The summed E-state index contributed by atoms with van der Waals surface area (Å²) >= 11 is 0. The standard InChI is InChI=1S/C21H36N4O2/c1-4-22-21(24-18-11-12-19(26-2)20(17-18)27-3)23-13-7-5-8-14-25-15-9-6-10-16-25/h11-12,17H,4-10,13-16H2,1-3H3,(H2,22,23,24). The largest absolute Gasteiger partial charge is 0.493 e. The predicted molar refractivity (Wildman–Crippen MR) is 113 cm³/mol. The Bertz CT molecular complexity index is 571. The number of unbranched alkanes of at least 4 members (excludes halogenated alkanes) is 2. The van der Waals surface area contributed by atoms with Crippen LogP contribution in [0.3, 0.4) is 0 Å². The highest BCUT2D eigenvalue weighted by Gasteiger charge is 2.09. The number of hydrogen-bond acceptors (Lipinski definition) is 4. The van der Waals surface area contributed by atoms with Crippen LogP contribution in [0.1, 0.15) is 45.4 Å². The van der Waals surface area contributed by atoms with Gasteiger partial charge in [-0.1, -0.05) is 12.8 Å². The van der Waals surface area contributed by atoms with Crippen LogP contribution in [0.25, 0.3) is 0 Å². The molecular weight excluding hydrogens is 340 g/mol. The number of guanidine groups is 1. The van der Waals surface area contributed by atoms with E-state index in [4.69, 9.17) is 14.5 Å². The van der Waals surface area contributed by atoms with Crippen molar-refractivity contribution in [1.82, 2.24) is 10.2 Å². The molecule has 2 rings (SSSR count). The second kappa shape index (κ2) is 12.4. The molecule has 0 spiro atoms. The molecule has 6 nitrogen and oxygen atoms in total. The van der Waals surface area contributed by atoms with Gasteiger partial charge in [0, 0.05) is 24.8 Å². The number of methoxy groups -OCH3 is 2. The first-order valence-corrected chi connectivity index (χ1v) is 10.3. The Morgan fingerprint density at radius 2 is 1.81 bits per heavy atom. The SMILES string of the molecule is CCNC(=NCCCCCN1CCCCC1)Nc1ccc(OC)c(OC)c1. The molecular formula is C21H36N4O2. The topological polar surface area (TPSA) is 58.1 Å². The molecule has 1 aliphatic heterocycles. The van der Waals surface area contributed by atoms with Gasteiger partial charge in [-0.3, -0.25) is 4.99 Å². The summed E-state index contributed by atoms with van der Waals surface area (Å²) in [5.74, 6) is 2.23. The van der Waals surface area contributed by atoms with Crippen molar-refractivity contribution in [2.45, 2.75) is 45.4 Å². The maximum Gasteiger partial charge on any atom is 0.195 e. The van der Waals surface area contributed by atoms with Gasteiger partial charge < -0.3 is 25.0 Å². The first-order chi connectivity index (χ1) is 13.3. The van der Waals surface area contributed by atoms with Crippen molar-refractivity contribution in [1.29, 1.82) is 0 Å². The van der Waals surface area contributed by atoms with Gasteiger partial charge in [0.25, 0.3) is 0 Å². The second-order valence-corrected chi connectivity index (χ2v) is 6.92. The Hall–Kier alpha value is -1.95. The fraction of sp³-hybridized carbons (Fsp3) is 0.667. The molecule has 2 N–H and O–H groups in total. The molecule has 0 bridgehead atoms. The molecule has 0 aliphatic carbocycles. The Kier molecular flexibility index (Phi) is 9.84. The number of nitrogens with zero attached hydrogens (tertiary/aromatic N) is 2. The van der Waals surface area contributed by atoms with Gasteiger partial charge in [0.05, 0.1) is 14.2 Å². The Morgan fingerprint density at radius 3 is 2.52 bits per heavy atom. The van der Waals surface area contributed by atoms with Crippen molar-refractivity contribution in [3.05, 3.63) is 18.2 Å². The van der Waals surface area contributed by atoms with Crippen molar-refractivity contribution in [2.24, 2.45) is 4.99 Å². The van der Waals surface area contributed by atoms with E-state index in [1.165, 1.54) is 51.7 Å². The molecule has 27 heavy (non-hydrogen) atoms. The minimum atomic E-state index is 0.705. The first-order valence-electron chi connectivity index (χ1n) is 10.3. The van der Waals surface area contributed by atoms with Gasteiger partial charge in [-0.05, 0) is 64.4 Å². The molecule has 0 atom stereocenters. The van der Waals surface area contributed by atoms with Gasteiger partial charge in [-0.25, -0.2) is 0 Å². The van der Waals surface area contributed by atoms with E-state index in [0.29, 0.717) is 5.75 Å². The van der Waals surface area contributed by atoms with E-state index in [9.17, 15) is 0 Å². The number of nitrogens with one attached hydrogen (secondary N) is 2. The molecule has 0 aromatic heterocycles. The number of benzene rings is 1. The van der Waals surface area contributed by atoms with Crippen LogP contribution in [0.5, 0.6) is 11.5 Å². The third kappa shape index (κ3) is 7.67. The summed E-state index contributed by atoms with van der Waals surface area (Å²) in [6.07, 6.45) is 7.78. The summed E-state index contributed by atoms with van der Waals surface area (Å²) in [7, 11) is 3.28. The minimum Gasteiger partial charge on any atom is -0.493 e. The highest BCUT2D eigenvalue weighted by molar-refractivity contribution is 5.93. The number of ether oxygens (including phenoxy) is 2. The molecule has 0 amide bonds. The fourth-order valence-corrected chi connectivity index (χ4v) is 3.36. The summed E-state index contributed by atoms with van der Waals surface area (Å²) in [5, 5.41) is 6.64. The number of hydrogen-bond donors (Lipinski definition) is 2. The number of rotatable bonds is 10. The van der Waals surface area contributed by atoms with Crippen LogP contribution in [0.15, 0.2) is 23.2 Å². The summed E-state index contributed by atoms with van der Waals surface area (Å²) in [6.45, 7) is 7.56. The molecule has 1 heterocycles. The molecule has 0 unspecified atom stereocenters. The molecule has 152 valence electrons. The van der Waals surface area contributed by atoms with E-state index >= 15 is 0 Å². The maximum absolute atomic E-state index is 5.36. The van der Waals surface area contributed by atoms with Crippen LogP contribution in [-0.2, 0) is 0 Å². The lowest BCUT2D eigenvalue weighted by atomic mass is 10.1. The number of piperidine rings is 1. The average Bonchev–Trinajstić information content (AvgIpc) is 2.71. The molecule has 0 radical (unpaired) electrons. The average molecular weight is 377 g/mol. The molecule has 1 saturated heterocycles. The number of likely N-dealkylation sites (tertiary alicyclic amines) is 1. The smallest absolute Gasteiger partial charge is 0.195 e. The van der Waals surface area contributed by atoms with Gasteiger partial charge in [0.1, 0.15) is 0 Å². The Labute approximate surface area is 164 Å². The Balaban J connectivity index is 1.76. The monoisotopic (exact) mass is 376 g/mol. The molecule has 1 aromatic carbocycles. The first kappa shape index (κ1) is 21.4. The normalized spacial score (nSPS) is 15.4. The lowest BCUT2D eigenvalue weighted by Gasteiger charge is -2.26. The number of aliphatic imine (C=N–C) groups is 1. The summed E-state index contributed by atoms with van der Waals surface area (Å²) in [6, 6.07) is 5.78. The fourth-order valence-electron chi connectivity index (χ4n) is 3.36. The van der Waals surface area contributed by atoms with E-state index in [1.807, 2.05) is 18.2 Å². The van der Waals surface area contributed by atoms with Crippen molar-refractivity contribution in [2.75, 3.05) is 52.3 Å². The highest BCUT2D eigenvalue weighted by Crippen LogP contribution is 2.29. The predicted octanol–water partition coefficient (Wildman–Crippen LogP) is 3.74. The van der Waals surface area contributed by atoms with E-state index in [2.05, 4.69) is 22.5 Å². The summed E-state index contributed by atoms with van der Waals surface area (Å²) in [5.41, 5.74) is 0.928. The lowest BCUT2D eigenvalue weighted by Crippen LogP contribution is -2.31.